The zero-order valence-electron chi connectivity index (χ0n) is 7.21. The fraction of sp³-hybridized carbons (Fsp3) is 0.300. The molecule has 1 aromatic carbocycles. The van der Waals surface area contributed by atoms with Gasteiger partial charge in [0.05, 0.1) is 6.42 Å². The Morgan fingerprint density at radius 1 is 1.54 bits per heavy atom. The van der Waals surface area contributed by atoms with E-state index in [1.807, 2.05) is 25.1 Å². The standard InChI is InChI=1S/C10H9BrO2/c1-6-4-10(12)13-9-3-2-7(11)5-8(6)9/h2-3,5-6H,4H2,1H3. The highest BCUT2D eigenvalue weighted by atomic mass is 79.9. The number of hydrogen-bond acceptors (Lipinski definition) is 2. The summed E-state index contributed by atoms with van der Waals surface area (Å²) < 4.78 is 6.12. The number of carbonyl (C=O) groups excluding carboxylic acids is 1. The molecule has 0 saturated heterocycles. The van der Waals surface area contributed by atoms with Crippen LogP contribution in [-0.2, 0) is 4.79 Å². The lowest BCUT2D eigenvalue weighted by Crippen LogP contribution is -2.18. The molecular formula is C10H9BrO2. The van der Waals surface area contributed by atoms with Gasteiger partial charge in [0.15, 0.2) is 0 Å². The smallest absolute Gasteiger partial charge is 0.311 e. The Hall–Kier alpha value is -0.830. The van der Waals surface area contributed by atoms with E-state index in [2.05, 4.69) is 15.9 Å². The molecule has 1 unspecified atom stereocenters. The largest absolute Gasteiger partial charge is 0.426 e. The molecule has 0 aliphatic carbocycles. The highest BCUT2D eigenvalue weighted by molar-refractivity contribution is 9.10. The monoisotopic (exact) mass is 240 g/mol. The Morgan fingerprint density at radius 2 is 2.31 bits per heavy atom. The molecule has 0 radical (unpaired) electrons. The normalized spacial score (nSPS) is 20.8. The van der Waals surface area contributed by atoms with Gasteiger partial charge in [-0.2, -0.15) is 0 Å². The Labute approximate surface area is 85.0 Å². The fourth-order valence-electron chi connectivity index (χ4n) is 1.52. The van der Waals surface area contributed by atoms with Crippen molar-refractivity contribution in [2.45, 2.75) is 19.3 Å². The maximum absolute atomic E-state index is 11.1. The average molecular weight is 241 g/mol. The van der Waals surface area contributed by atoms with Gasteiger partial charge in [0.25, 0.3) is 0 Å². The molecule has 1 aliphatic rings. The van der Waals surface area contributed by atoms with Crippen molar-refractivity contribution in [3.8, 4) is 5.75 Å². The van der Waals surface area contributed by atoms with E-state index in [9.17, 15) is 4.79 Å². The SMILES string of the molecule is CC1CC(=O)Oc2ccc(Br)cc21. The van der Waals surface area contributed by atoms with E-state index >= 15 is 0 Å². The van der Waals surface area contributed by atoms with E-state index in [4.69, 9.17) is 4.74 Å². The first kappa shape index (κ1) is 8.75. The van der Waals surface area contributed by atoms with Gasteiger partial charge in [-0.05, 0) is 29.7 Å². The van der Waals surface area contributed by atoms with E-state index in [0.29, 0.717) is 12.2 Å². The van der Waals surface area contributed by atoms with Crippen LogP contribution in [0.15, 0.2) is 22.7 Å². The second kappa shape index (κ2) is 3.14. The molecule has 0 bridgehead atoms. The molecule has 2 nitrogen and oxygen atoms in total. The third-order valence-electron chi connectivity index (χ3n) is 2.20. The van der Waals surface area contributed by atoms with Crippen molar-refractivity contribution < 1.29 is 9.53 Å². The zero-order chi connectivity index (χ0) is 9.42. The number of rotatable bonds is 0. The number of halogens is 1. The van der Waals surface area contributed by atoms with Crippen LogP contribution < -0.4 is 4.74 Å². The first-order chi connectivity index (χ1) is 6.16. The minimum atomic E-state index is -0.137. The number of fused-ring (bicyclic) bond motifs is 1. The molecule has 13 heavy (non-hydrogen) atoms. The van der Waals surface area contributed by atoms with Gasteiger partial charge in [-0.15, -0.1) is 0 Å². The summed E-state index contributed by atoms with van der Waals surface area (Å²) in [4.78, 5) is 11.1. The number of carbonyl (C=O) groups is 1. The van der Waals surface area contributed by atoms with Crippen molar-refractivity contribution in [3.05, 3.63) is 28.2 Å². The van der Waals surface area contributed by atoms with Crippen molar-refractivity contribution in [3.63, 3.8) is 0 Å². The summed E-state index contributed by atoms with van der Waals surface area (Å²) in [5, 5.41) is 0. The van der Waals surface area contributed by atoms with Gasteiger partial charge in [-0.25, -0.2) is 0 Å². The maximum Gasteiger partial charge on any atom is 0.311 e. The lowest BCUT2D eigenvalue weighted by atomic mass is 9.95. The predicted molar refractivity (Wildman–Crippen MR) is 52.8 cm³/mol. The van der Waals surface area contributed by atoms with Crippen LogP contribution in [0.25, 0.3) is 0 Å². The van der Waals surface area contributed by atoms with Gasteiger partial charge < -0.3 is 4.74 Å². The topological polar surface area (TPSA) is 26.3 Å². The third kappa shape index (κ3) is 1.61. The summed E-state index contributed by atoms with van der Waals surface area (Å²) in [6, 6.07) is 5.71. The number of esters is 1. The molecule has 0 spiro atoms. The van der Waals surface area contributed by atoms with Gasteiger partial charge >= 0.3 is 5.97 Å². The van der Waals surface area contributed by atoms with Crippen LogP contribution in [0, 0.1) is 0 Å². The van der Waals surface area contributed by atoms with E-state index in [0.717, 1.165) is 10.0 Å². The molecule has 1 atom stereocenters. The molecule has 0 aromatic heterocycles. The fourth-order valence-corrected chi connectivity index (χ4v) is 1.90. The van der Waals surface area contributed by atoms with E-state index < -0.39 is 0 Å². The van der Waals surface area contributed by atoms with Crippen LogP contribution in [0.3, 0.4) is 0 Å². The van der Waals surface area contributed by atoms with Crippen molar-refractivity contribution in [1.82, 2.24) is 0 Å². The summed E-state index contributed by atoms with van der Waals surface area (Å²) in [5.74, 6) is 0.822. The van der Waals surface area contributed by atoms with Crippen LogP contribution in [0.5, 0.6) is 5.75 Å². The Morgan fingerprint density at radius 3 is 3.08 bits per heavy atom. The van der Waals surface area contributed by atoms with Gasteiger partial charge in [0.1, 0.15) is 5.75 Å². The molecule has 0 saturated carbocycles. The van der Waals surface area contributed by atoms with Crippen molar-refractivity contribution in [1.29, 1.82) is 0 Å². The molecule has 0 fully saturated rings. The van der Waals surface area contributed by atoms with Crippen LogP contribution in [0.4, 0.5) is 0 Å². The Kier molecular flexibility index (Phi) is 2.12. The second-order valence-electron chi connectivity index (χ2n) is 3.26. The van der Waals surface area contributed by atoms with Crippen LogP contribution in [-0.4, -0.2) is 5.97 Å². The lowest BCUT2D eigenvalue weighted by molar-refractivity contribution is -0.135. The molecule has 68 valence electrons. The van der Waals surface area contributed by atoms with E-state index in [1.165, 1.54) is 0 Å². The molecule has 0 amide bonds. The Balaban J connectivity index is 2.49. The number of ether oxygens (including phenoxy) is 1. The van der Waals surface area contributed by atoms with Crippen LogP contribution >= 0.6 is 15.9 Å². The minimum Gasteiger partial charge on any atom is -0.426 e. The van der Waals surface area contributed by atoms with E-state index in [-0.39, 0.29) is 11.9 Å². The highest BCUT2D eigenvalue weighted by Gasteiger charge is 2.23. The molecular weight excluding hydrogens is 232 g/mol. The van der Waals surface area contributed by atoms with E-state index in [1.54, 1.807) is 0 Å². The summed E-state index contributed by atoms with van der Waals surface area (Å²) in [6.45, 7) is 2.03. The lowest BCUT2D eigenvalue weighted by Gasteiger charge is -2.21. The van der Waals surface area contributed by atoms with Gasteiger partial charge in [0.2, 0.25) is 0 Å². The maximum atomic E-state index is 11.1. The predicted octanol–water partition coefficient (Wildman–Crippen LogP) is 2.86. The van der Waals surface area contributed by atoms with Crippen molar-refractivity contribution in [2.75, 3.05) is 0 Å². The molecule has 0 N–H and O–H groups in total. The summed E-state index contributed by atoms with van der Waals surface area (Å²) >= 11 is 3.39. The average Bonchev–Trinajstić information content (AvgIpc) is 2.06. The van der Waals surface area contributed by atoms with Crippen molar-refractivity contribution in [2.24, 2.45) is 0 Å². The molecule has 3 heteroatoms. The second-order valence-corrected chi connectivity index (χ2v) is 4.18. The molecule has 2 rings (SSSR count). The summed E-state index contributed by atoms with van der Waals surface area (Å²) in [6.07, 6.45) is 0.476. The van der Waals surface area contributed by atoms with Gasteiger partial charge in [-0.3, -0.25) is 4.79 Å². The molecule has 1 aromatic rings. The van der Waals surface area contributed by atoms with Gasteiger partial charge in [-0.1, -0.05) is 22.9 Å². The van der Waals surface area contributed by atoms with Gasteiger partial charge in [0, 0.05) is 4.47 Å². The Bertz CT molecular complexity index is 360. The zero-order valence-corrected chi connectivity index (χ0v) is 8.80. The highest BCUT2D eigenvalue weighted by Crippen LogP contribution is 2.35. The molecule has 1 aliphatic heterocycles. The number of hydrogen-bond donors (Lipinski definition) is 0. The summed E-state index contributed by atoms with van der Waals surface area (Å²) in [5.41, 5.74) is 1.11. The minimum absolute atomic E-state index is 0.137. The van der Waals surface area contributed by atoms with Crippen LogP contribution in [0.1, 0.15) is 24.8 Å². The first-order valence-electron chi connectivity index (χ1n) is 4.17. The van der Waals surface area contributed by atoms with Crippen molar-refractivity contribution >= 4 is 21.9 Å². The quantitative estimate of drug-likeness (QED) is 0.515. The number of benzene rings is 1. The first-order valence-corrected chi connectivity index (χ1v) is 4.96. The van der Waals surface area contributed by atoms with Crippen LogP contribution in [0.2, 0.25) is 0 Å². The summed E-state index contributed by atoms with van der Waals surface area (Å²) in [7, 11) is 0. The molecule has 1 heterocycles. The third-order valence-corrected chi connectivity index (χ3v) is 2.69.